The van der Waals surface area contributed by atoms with E-state index < -0.39 is 0 Å². The van der Waals surface area contributed by atoms with E-state index in [2.05, 4.69) is 26.8 Å². The Morgan fingerprint density at radius 2 is 2.21 bits per heavy atom. The number of pyridine rings is 1. The van der Waals surface area contributed by atoms with E-state index in [1.165, 1.54) is 0 Å². The van der Waals surface area contributed by atoms with Crippen molar-refractivity contribution in [2.45, 2.75) is 19.5 Å². The predicted molar refractivity (Wildman–Crippen MR) is 71.5 cm³/mol. The summed E-state index contributed by atoms with van der Waals surface area (Å²) in [6.07, 6.45) is 8.67. The van der Waals surface area contributed by atoms with E-state index in [1.807, 2.05) is 39.7 Å². The molecule has 1 N–H and O–H groups in total. The van der Waals surface area contributed by atoms with E-state index in [0.717, 1.165) is 37.4 Å². The lowest BCUT2D eigenvalue weighted by Crippen LogP contribution is -2.16. The van der Waals surface area contributed by atoms with Gasteiger partial charge in [-0.15, -0.1) is 5.10 Å². The highest BCUT2D eigenvalue weighted by atomic mass is 15.4. The van der Waals surface area contributed by atoms with Crippen molar-refractivity contribution >= 4 is 5.65 Å². The molecule has 0 saturated heterocycles. The Morgan fingerprint density at radius 1 is 1.21 bits per heavy atom. The molecule has 0 bridgehead atoms. The normalized spacial score (nSPS) is 11.2. The number of fused-ring (bicyclic) bond motifs is 1. The summed E-state index contributed by atoms with van der Waals surface area (Å²) >= 11 is 0. The second-order valence-electron chi connectivity index (χ2n) is 4.39. The van der Waals surface area contributed by atoms with Crippen molar-refractivity contribution in [2.24, 2.45) is 0 Å². The third-order valence-electron chi connectivity index (χ3n) is 2.93. The number of imidazole rings is 1. The Morgan fingerprint density at radius 3 is 3.05 bits per heavy atom. The number of rotatable bonds is 6. The van der Waals surface area contributed by atoms with Crippen LogP contribution in [0.3, 0.4) is 0 Å². The molecule has 3 rings (SSSR count). The highest BCUT2D eigenvalue weighted by molar-refractivity contribution is 5.39. The fourth-order valence-electron chi connectivity index (χ4n) is 2.01. The number of hydrogen-bond acceptors (Lipinski definition) is 4. The third-order valence-corrected chi connectivity index (χ3v) is 2.93. The monoisotopic (exact) mass is 256 g/mol. The van der Waals surface area contributed by atoms with E-state index in [9.17, 15) is 0 Å². The molecule has 0 aliphatic heterocycles. The zero-order valence-electron chi connectivity index (χ0n) is 10.6. The van der Waals surface area contributed by atoms with Gasteiger partial charge in [-0.3, -0.25) is 4.68 Å². The van der Waals surface area contributed by atoms with E-state index in [-0.39, 0.29) is 0 Å². The summed E-state index contributed by atoms with van der Waals surface area (Å²) in [5.74, 6) is 0. The fourth-order valence-corrected chi connectivity index (χ4v) is 2.01. The van der Waals surface area contributed by atoms with Gasteiger partial charge in [0.15, 0.2) is 0 Å². The van der Waals surface area contributed by atoms with E-state index in [1.54, 1.807) is 6.20 Å². The summed E-state index contributed by atoms with van der Waals surface area (Å²) in [5, 5.41) is 11.1. The van der Waals surface area contributed by atoms with Crippen molar-refractivity contribution in [3.05, 3.63) is 48.7 Å². The molecule has 0 amide bonds. The smallest absolute Gasteiger partial charge is 0.137 e. The van der Waals surface area contributed by atoms with Crippen LogP contribution in [0.25, 0.3) is 5.65 Å². The van der Waals surface area contributed by atoms with Crippen LogP contribution in [-0.4, -0.2) is 30.9 Å². The molecule has 3 heterocycles. The molecule has 0 aliphatic carbocycles. The van der Waals surface area contributed by atoms with Gasteiger partial charge in [-0.2, -0.15) is 0 Å². The van der Waals surface area contributed by atoms with Gasteiger partial charge in [0.2, 0.25) is 0 Å². The van der Waals surface area contributed by atoms with Gasteiger partial charge in [-0.1, -0.05) is 11.3 Å². The maximum atomic E-state index is 4.53. The van der Waals surface area contributed by atoms with Gasteiger partial charge in [-0.25, -0.2) is 4.98 Å². The van der Waals surface area contributed by atoms with Gasteiger partial charge in [0.25, 0.3) is 0 Å². The largest absolute Gasteiger partial charge is 0.311 e. The van der Waals surface area contributed by atoms with Crippen LogP contribution >= 0.6 is 0 Å². The fraction of sp³-hybridized carbons (Fsp3) is 0.308. The lowest BCUT2D eigenvalue weighted by atomic mass is 10.4. The number of hydrogen-bond donors (Lipinski definition) is 1. The molecule has 6 heteroatoms. The number of nitrogens with zero attached hydrogens (tertiary/aromatic N) is 5. The van der Waals surface area contributed by atoms with Crippen LogP contribution in [0.5, 0.6) is 0 Å². The van der Waals surface area contributed by atoms with Crippen molar-refractivity contribution in [3.63, 3.8) is 0 Å². The highest BCUT2D eigenvalue weighted by Crippen LogP contribution is 2.03. The number of aryl methyl sites for hydroxylation is 1. The molecule has 0 spiro atoms. The van der Waals surface area contributed by atoms with Gasteiger partial charge in [0.1, 0.15) is 5.65 Å². The van der Waals surface area contributed by atoms with Crippen LogP contribution in [0.15, 0.2) is 43.0 Å². The summed E-state index contributed by atoms with van der Waals surface area (Å²) in [7, 11) is 0. The lowest BCUT2D eigenvalue weighted by molar-refractivity contribution is 0.529. The number of aromatic nitrogens is 5. The molecular formula is C13H16N6. The topological polar surface area (TPSA) is 60.0 Å². The summed E-state index contributed by atoms with van der Waals surface area (Å²) in [6, 6.07) is 6.01. The summed E-state index contributed by atoms with van der Waals surface area (Å²) in [5.41, 5.74) is 2.05. The molecule has 98 valence electrons. The van der Waals surface area contributed by atoms with Crippen LogP contribution in [0, 0.1) is 0 Å². The Kier molecular flexibility index (Phi) is 3.51. The third kappa shape index (κ3) is 2.97. The highest BCUT2D eigenvalue weighted by Gasteiger charge is 2.00. The van der Waals surface area contributed by atoms with Crippen molar-refractivity contribution in [1.29, 1.82) is 0 Å². The minimum atomic E-state index is 0.791. The molecular weight excluding hydrogens is 240 g/mol. The first-order valence-corrected chi connectivity index (χ1v) is 6.39. The molecule has 0 unspecified atom stereocenters. The van der Waals surface area contributed by atoms with Crippen molar-refractivity contribution in [3.8, 4) is 0 Å². The first-order valence-electron chi connectivity index (χ1n) is 6.39. The first kappa shape index (κ1) is 11.9. The molecule has 0 aromatic carbocycles. The molecule has 0 radical (unpaired) electrons. The molecule has 3 aromatic heterocycles. The van der Waals surface area contributed by atoms with Crippen LogP contribution in [0.4, 0.5) is 0 Å². The van der Waals surface area contributed by atoms with Gasteiger partial charge >= 0.3 is 0 Å². The second kappa shape index (κ2) is 5.62. The molecule has 0 aliphatic rings. The Hall–Kier alpha value is -2.21. The minimum Gasteiger partial charge on any atom is -0.311 e. The molecule has 0 saturated carbocycles. The van der Waals surface area contributed by atoms with Crippen LogP contribution in [0.1, 0.15) is 12.1 Å². The SMILES string of the molecule is c1ccn2cc(CNCCCn3ccnn3)nc2c1. The quantitative estimate of drug-likeness (QED) is 0.671. The lowest BCUT2D eigenvalue weighted by Gasteiger charge is -2.02. The van der Waals surface area contributed by atoms with E-state index in [0.29, 0.717) is 0 Å². The standard InChI is InChI=1S/C13H16N6/c1-2-7-18-11-12(16-13(18)4-1)10-14-5-3-8-19-9-6-15-17-19/h1-2,4,6-7,9,11,14H,3,5,8,10H2. The zero-order valence-corrected chi connectivity index (χ0v) is 10.6. The van der Waals surface area contributed by atoms with Crippen LogP contribution in [-0.2, 0) is 13.1 Å². The molecule has 19 heavy (non-hydrogen) atoms. The minimum absolute atomic E-state index is 0.791. The Labute approximate surface area is 111 Å². The first-order chi connectivity index (χ1) is 9.42. The maximum absolute atomic E-state index is 4.53. The summed E-state index contributed by atoms with van der Waals surface area (Å²) < 4.78 is 3.87. The summed E-state index contributed by atoms with van der Waals surface area (Å²) in [4.78, 5) is 4.53. The van der Waals surface area contributed by atoms with E-state index in [4.69, 9.17) is 0 Å². The average Bonchev–Trinajstić information content (AvgIpc) is 3.06. The van der Waals surface area contributed by atoms with Crippen molar-refractivity contribution < 1.29 is 0 Å². The van der Waals surface area contributed by atoms with Crippen molar-refractivity contribution in [2.75, 3.05) is 6.54 Å². The Bertz CT molecular complexity index is 594. The maximum Gasteiger partial charge on any atom is 0.137 e. The number of nitrogens with one attached hydrogen (secondary N) is 1. The van der Waals surface area contributed by atoms with Gasteiger partial charge in [0, 0.05) is 31.7 Å². The van der Waals surface area contributed by atoms with Gasteiger partial charge < -0.3 is 9.72 Å². The van der Waals surface area contributed by atoms with Crippen LogP contribution < -0.4 is 5.32 Å². The summed E-state index contributed by atoms with van der Waals surface area (Å²) in [6.45, 7) is 2.62. The predicted octanol–water partition coefficient (Wildman–Crippen LogP) is 1.11. The molecule has 6 nitrogen and oxygen atoms in total. The zero-order chi connectivity index (χ0) is 12.9. The van der Waals surface area contributed by atoms with Gasteiger partial charge in [0.05, 0.1) is 11.9 Å². The average molecular weight is 256 g/mol. The van der Waals surface area contributed by atoms with Gasteiger partial charge in [-0.05, 0) is 25.1 Å². The van der Waals surface area contributed by atoms with Crippen molar-refractivity contribution in [1.82, 2.24) is 29.7 Å². The molecule has 0 fully saturated rings. The van der Waals surface area contributed by atoms with E-state index >= 15 is 0 Å². The molecule has 0 atom stereocenters. The van der Waals surface area contributed by atoms with Crippen LogP contribution in [0.2, 0.25) is 0 Å². The Balaban J connectivity index is 1.44. The molecule has 3 aromatic rings. The second-order valence-corrected chi connectivity index (χ2v) is 4.39.